The third kappa shape index (κ3) is 4.14. The predicted molar refractivity (Wildman–Crippen MR) is 109 cm³/mol. The number of piperazine rings is 2. The first kappa shape index (κ1) is 19.2. The molecule has 1 N–H and O–H groups in total. The number of hydrogen-bond donors (Lipinski definition) is 1. The number of carbonyl (C=O) groups excluding carboxylic acids is 1. The summed E-state index contributed by atoms with van der Waals surface area (Å²) in [4.78, 5) is 24.3. The number of aromatic nitrogens is 2. The number of fused-ring (bicyclic) bond motifs is 1. The Morgan fingerprint density at radius 1 is 1.00 bits per heavy atom. The number of hydrogen-bond acceptors (Lipinski definition) is 6. The molecular formula is C20H30N6O2. The number of imidazole rings is 1. The molecule has 8 heteroatoms. The van der Waals surface area contributed by atoms with Gasteiger partial charge in [0, 0.05) is 72.5 Å². The molecule has 28 heavy (non-hydrogen) atoms. The second kappa shape index (κ2) is 8.46. The van der Waals surface area contributed by atoms with Gasteiger partial charge in [0.2, 0.25) is 12.4 Å². The number of aliphatic hydroxyl groups is 1. The van der Waals surface area contributed by atoms with Crippen LogP contribution in [0.5, 0.6) is 0 Å². The molecule has 0 bridgehead atoms. The Morgan fingerprint density at radius 2 is 1.61 bits per heavy atom. The van der Waals surface area contributed by atoms with Crippen molar-refractivity contribution in [3.63, 3.8) is 0 Å². The third-order valence-electron chi connectivity index (χ3n) is 5.91. The fourth-order valence-corrected chi connectivity index (χ4v) is 4.25. The van der Waals surface area contributed by atoms with Crippen molar-refractivity contribution in [1.29, 1.82) is 0 Å². The highest BCUT2D eigenvalue weighted by molar-refractivity contribution is 5.78. The van der Waals surface area contributed by atoms with Crippen LogP contribution in [0.25, 0.3) is 11.0 Å². The minimum atomic E-state index is -0.356. The lowest BCUT2D eigenvalue weighted by Crippen LogP contribution is -2.52. The van der Waals surface area contributed by atoms with Crippen LogP contribution >= 0.6 is 0 Å². The highest BCUT2D eigenvalue weighted by atomic mass is 16.3. The molecule has 1 atom stereocenters. The van der Waals surface area contributed by atoms with E-state index >= 15 is 0 Å². The van der Waals surface area contributed by atoms with Gasteiger partial charge in [-0.05, 0) is 12.1 Å². The number of para-hydroxylation sites is 2. The number of rotatable bonds is 6. The van der Waals surface area contributed by atoms with Gasteiger partial charge in [-0.2, -0.15) is 0 Å². The summed E-state index contributed by atoms with van der Waals surface area (Å²) in [6, 6.07) is 8.23. The number of β-amino-alcohol motifs (C(OH)–C–C–N with tert-alkyl or cyclic N) is 1. The highest BCUT2D eigenvalue weighted by Crippen LogP contribution is 2.22. The summed E-state index contributed by atoms with van der Waals surface area (Å²) in [6.07, 6.45) is 0.558. The van der Waals surface area contributed by atoms with Gasteiger partial charge in [0.1, 0.15) is 0 Å². The fourth-order valence-electron chi connectivity index (χ4n) is 4.25. The number of carbonyl (C=O) groups is 1. The number of benzene rings is 1. The van der Waals surface area contributed by atoms with Crippen LogP contribution in [0.4, 0.5) is 5.95 Å². The van der Waals surface area contributed by atoms with Crippen LogP contribution in [0.2, 0.25) is 0 Å². The Labute approximate surface area is 165 Å². The zero-order valence-corrected chi connectivity index (χ0v) is 16.6. The lowest BCUT2D eigenvalue weighted by molar-refractivity contribution is -0.119. The zero-order valence-electron chi connectivity index (χ0n) is 16.6. The highest BCUT2D eigenvalue weighted by Gasteiger charge is 2.24. The number of anilines is 1. The zero-order chi connectivity index (χ0) is 19.5. The van der Waals surface area contributed by atoms with E-state index in [-0.39, 0.29) is 6.10 Å². The van der Waals surface area contributed by atoms with Crippen LogP contribution in [0, 0.1) is 0 Å². The van der Waals surface area contributed by atoms with Crippen molar-refractivity contribution in [3.8, 4) is 0 Å². The van der Waals surface area contributed by atoms with Gasteiger partial charge in [0.05, 0.1) is 17.1 Å². The van der Waals surface area contributed by atoms with Crippen LogP contribution in [0.3, 0.4) is 0 Å². The molecule has 8 nitrogen and oxygen atoms in total. The average Bonchev–Trinajstić information content (AvgIpc) is 3.06. The van der Waals surface area contributed by atoms with Crippen LogP contribution in [0.15, 0.2) is 24.3 Å². The summed E-state index contributed by atoms with van der Waals surface area (Å²) in [5, 5.41) is 10.5. The molecule has 2 aliphatic rings. The van der Waals surface area contributed by atoms with E-state index in [1.165, 1.54) is 0 Å². The van der Waals surface area contributed by atoms with E-state index in [4.69, 9.17) is 4.98 Å². The fraction of sp³-hybridized carbons (Fsp3) is 0.600. The second-order valence-corrected chi connectivity index (χ2v) is 7.84. The molecule has 1 aromatic heterocycles. The lowest BCUT2D eigenvalue weighted by Gasteiger charge is -2.37. The first-order valence-corrected chi connectivity index (χ1v) is 10.1. The van der Waals surface area contributed by atoms with Gasteiger partial charge in [-0.15, -0.1) is 0 Å². The van der Waals surface area contributed by atoms with Crippen molar-refractivity contribution < 1.29 is 9.90 Å². The van der Waals surface area contributed by atoms with Crippen molar-refractivity contribution >= 4 is 23.4 Å². The molecule has 0 unspecified atom stereocenters. The number of aliphatic hydroxyl groups excluding tert-OH is 1. The van der Waals surface area contributed by atoms with E-state index in [0.717, 1.165) is 75.7 Å². The maximum Gasteiger partial charge on any atom is 0.209 e. The first-order chi connectivity index (χ1) is 13.6. The van der Waals surface area contributed by atoms with Crippen LogP contribution < -0.4 is 4.90 Å². The number of amides is 1. The maximum atomic E-state index is 10.8. The largest absolute Gasteiger partial charge is 0.390 e. The van der Waals surface area contributed by atoms with Gasteiger partial charge in [0.25, 0.3) is 0 Å². The van der Waals surface area contributed by atoms with Crippen LogP contribution in [0.1, 0.15) is 0 Å². The van der Waals surface area contributed by atoms with Crippen molar-refractivity contribution in [2.45, 2.75) is 6.10 Å². The Balaban J connectivity index is 1.26. The van der Waals surface area contributed by atoms with E-state index in [1.807, 2.05) is 12.1 Å². The molecule has 3 heterocycles. The minimum Gasteiger partial charge on any atom is -0.390 e. The number of aryl methyl sites for hydroxylation is 1. The molecule has 0 radical (unpaired) electrons. The number of nitrogens with zero attached hydrogens (tertiary/aromatic N) is 6. The Morgan fingerprint density at radius 3 is 2.21 bits per heavy atom. The molecule has 1 amide bonds. The molecule has 1 aromatic carbocycles. The molecule has 0 aliphatic carbocycles. The molecule has 0 spiro atoms. The smallest absolute Gasteiger partial charge is 0.209 e. The third-order valence-corrected chi connectivity index (χ3v) is 5.91. The average molecular weight is 387 g/mol. The van der Waals surface area contributed by atoms with Gasteiger partial charge < -0.3 is 19.5 Å². The maximum absolute atomic E-state index is 10.8. The van der Waals surface area contributed by atoms with E-state index in [0.29, 0.717) is 13.1 Å². The Kier molecular flexibility index (Phi) is 5.79. The summed E-state index contributed by atoms with van der Waals surface area (Å²) in [7, 11) is 2.07. The molecule has 4 rings (SSSR count). The monoisotopic (exact) mass is 386 g/mol. The summed E-state index contributed by atoms with van der Waals surface area (Å²) in [6.45, 7) is 8.27. The molecule has 0 saturated carbocycles. The van der Waals surface area contributed by atoms with E-state index < -0.39 is 0 Å². The van der Waals surface area contributed by atoms with Crippen molar-refractivity contribution in [2.24, 2.45) is 7.05 Å². The topological polar surface area (TPSA) is 68.1 Å². The van der Waals surface area contributed by atoms with Crippen molar-refractivity contribution in [3.05, 3.63) is 24.3 Å². The Hall–Kier alpha value is -2.16. The lowest BCUT2D eigenvalue weighted by atomic mass is 10.2. The van der Waals surface area contributed by atoms with Crippen LogP contribution in [-0.2, 0) is 11.8 Å². The molecule has 2 saturated heterocycles. The molecule has 2 fully saturated rings. The standard InChI is InChI=1S/C20H30N6O2/c1-22-19-5-3-2-4-18(19)21-20(22)26-12-10-24(11-13-26)15-17(28)14-23-6-8-25(16-27)9-7-23/h2-5,16-17,28H,6-15H2,1H3/t17-/m1/s1. The van der Waals surface area contributed by atoms with Gasteiger partial charge in [-0.25, -0.2) is 4.98 Å². The normalized spacial score (nSPS) is 20.6. The van der Waals surface area contributed by atoms with Crippen molar-refractivity contribution in [1.82, 2.24) is 24.3 Å². The van der Waals surface area contributed by atoms with Crippen LogP contribution in [-0.4, -0.2) is 107 Å². The van der Waals surface area contributed by atoms with Gasteiger partial charge in [-0.3, -0.25) is 14.6 Å². The van der Waals surface area contributed by atoms with Gasteiger partial charge >= 0.3 is 0 Å². The van der Waals surface area contributed by atoms with Gasteiger partial charge in [-0.1, -0.05) is 12.1 Å². The molecule has 152 valence electrons. The van der Waals surface area contributed by atoms with E-state index in [1.54, 1.807) is 4.90 Å². The summed E-state index contributed by atoms with van der Waals surface area (Å²) >= 11 is 0. The van der Waals surface area contributed by atoms with Crippen molar-refractivity contribution in [2.75, 3.05) is 70.3 Å². The van der Waals surface area contributed by atoms with E-state index in [2.05, 4.69) is 38.4 Å². The molecular weight excluding hydrogens is 356 g/mol. The quantitative estimate of drug-likeness (QED) is 0.696. The summed E-state index contributed by atoms with van der Waals surface area (Å²) in [5.74, 6) is 1.02. The Bertz CT molecular complexity index is 793. The SMILES string of the molecule is Cn1c(N2CCN(C[C@H](O)CN3CCN(C=O)CC3)CC2)nc2ccccc21. The first-order valence-electron chi connectivity index (χ1n) is 10.1. The summed E-state index contributed by atoms with van der Waals surface area (Å²) in [5.41, 5.74) is 2.19. The predicted octanol–water partition coefficient (Wildman–Crippen LogP) is -0.170. The second-order valence-electron chi connectivity index (χ2n) is 7.84. The van der Waals surface area contributed by atoms with Gasteiger partial charge in [0.15, 0.2) is 0 Å². The molecule has 2 aromatic rings. The minimum absolute atomic E-state index is 0.356. The molecule has 2 aliphatic heterocycles. The van der Waals surface area contributed by atoms with E-state index in [9.17, 15) is 9.90 Å². The summed E-state index contributed by atoms with van der Waals surface area (Å²) < 4.78 is 2.17.